The number of H-pyrrole nitrogens is 1. The Labute approximate surface area is 176 Å². The Kier molecular flexibility index (Phi) is 7.64. The number of hydrogen-bond acceptors (Lipinski definition) is 10. The largest absolute Gasteiger partial charge is 0.490 e. The summed E-state index contributed by atoms with van der Waals surface area (Å²) in [5, 5.41) is 10.2. The van der Waals surface area contributed by atoms with Gasteiger partial charge in [-0.25, -0.2) is 18.1 Å². The molecule has 0 aromatic carbocycles. The second-order valence-corrected chi connectivity index (χ2v) is 10.6. The molecule has 0 radical (unpaired) electrons. The van der Waals surface area contributed by atoms with Crippen molar-refractivity contribution in [1.29, 1.82) is 0 Å². The van der Waals surface area contributed by atoms with Crippen LogP contribution in [0.1, 0.15) is 6.23 Å². The van der Waals surface area contributed by atoms with Gasteiger partial charge in [-0.2, -0.15) is 8.62 Å². The van der Waals surface area contributed by atoms with E-state index in [2.05, 4.69) is 18.1 Å². The maximum absolute atomic E-state index is 14.7. The maximum atomic E-state index is 14.7. The minimum Gasteiger partial charge on any atom is -0.386 e. The van der Waals surface area contributed by atoms with Crippen LogP contribution in [-0.4, -0.2) is 58.7 Å². The zero-order chi connectivity index (χ0) is 23.8. The van der Waals surface area contributed by atoms with Crippen molar-refractivity contribution >= 4 is 35.7 Å². The lowest BCUT2D eigenvalue weighted by Crippen LogP contribution is -2.44. The number of hydrogen-bond donors (Lipinski definition) is 6. The summed E-state index contributed by atoms with van der Waals surface area (Å²) in [6.45, 7) is -1.30. The molecule has 0 amide bonds. The quantitative estimate of drug-likeness (QED) is 0.147. The number of aliphatic hydroxyl groups excluding tert-OH is 1. The zero-order valence-corrected chi connectivity index (χ0v) is 18.2. The van der Waals surface area contributed by atoms with Crippen molar-refractivity contribution < 1.29 is 60.6 Å². The highest BCUT2D eigenvalue weighted by molar-refractivity contribution is 7.71. The summed E-state index contributed by atoms with van der Waals surface area (Å²) in [5.74, 6) is 1.83. The molecule has 0 aliphatic carbocycles. The average Bonchev–Trinajstić information content (AvgIpc) is 2.82. The lowest BCUT2D eigenvalue weighted by Gasteiger charge is -2.27. The summed E-state index contributed by atoms with van der Waals surface area (Å²) in [7, 11) is -17.0. The summed E-state index contributed by atoms with van der Waals surface area (Å²) < 4.78 is 65.7. The molecule has 0 saturated carbocycles. The number of phosphoric acid groups is 3. The summed E-state index contributed by atoms with van der Waals surface area (Å²) in [5.41, 5.74) is -3.08. The second kappa shape index (κ2) is 9.05. The van der Waals surface area contributed by atoms with Crippen molar-refractivity contribution in [3.63, 3.8) is 0 Å². The van der Waals surface area contributed by atoms with Gasteiger partial charge in [-0.1, -0.05) is 5.92 Å². The first-order chi connectivity index (χ1) is 14.0. The van der Waals surface area contributed by atoms with Crippen molar-refractivity contribution in [2.24, 2.45) is 0 Å². The molecule has 6 atom stereocenters. The molecule has 31 heavy (non-hydrogen) atoms. The number of rotatable bonds is 8. The fourth-order valence-corrected chi connectivity index (χ4v) is 5.68. The molecule has 20 heteroatoms. The molecule has 2 rings (SSSR count). The number of aromatic nitrogens is 2. The van der Waals surface area contributed by atoms with Crippen LogP contribution in [0.3, 0.4) is 0 Å². The van der Waals surface area contributed by atoms with Gasteiger partial charge in [-0.15, -0.1) is 6.42 Å². The summed E-state index contributed by atoms with van der Waals surface area (Å²) in [4.78, 5) is 49.0. The number of nitrogens with zero attached hydrogens (tertiary/aromatic N) is 1. The number of aromatic amines is 1. The van der Waals surface area contributed by atoms with Crippen LogP contribution < -0.4 is 5.56 Å². The van der Waals surface area contributed by atoms with Gasteiger partial charge in [0.25, 0.3) is 5.56 Å². The number of aliphatic hydroxyl groups is 1. The third kappa shape index (κ3) is 6.47. The van der Waals surface area contributed by atoms with Crippen LogP contribution in [0.4, 0.5) is 4.39 Å². The Morgan fingerprint density at radius 2 is 1.90 bits per heavy atom. The summed E-state index contributed by atoms with van der Waals surface area (Å²) in [6, 6.07) is 0.959. The first-order valence-corrected chi connectivity index (χ1v) is 12.5. The van der Waals surface area contributed by atoms with E-state index in [1.54, 1.807) is 0 Å². The molecule has 1 saturated heterocycles. The average molecular weight is 526 g/mol. The van der Waals surface area contributed by atoms with Gasteiger partial charge in [0.1, 0.15) is 12.7 Å². The molecule has 1 fully saturated rings. The normalized spacial score (nSPS) is 30.3. The van der Waals surface area contributed by atoms with Crippen molar-refractivity contribution in [3.8, 4) is 12.3 Å². The van der Waals surface area contributed by atoms with Gasteiger partial charge >= 0.3 is 23.5 Å². The number of alkyl halides is 1. The third-order valence-electron chi connectivity index (χ3n) is 3.61. The SMILES string of the molecule is C#C[C@]1(COP(=O)(O)OP(=O)(O)OP(=O)(O)O)O[C@@H](n2ccc(=O)[nH]c2=S)[C@@H](F)[C@H]1O. The van der Waals surface area contributed by atoms with Gasteiger partial charge in [0.2, 0.25) is 0 Å². The van der Waals surface area contributed by atoms with E-state index in [1.165, 1.54) is 0 Å². The van der Waals surface area contributed by atoms with E-state index in [-0.39, 0.29) is 4.77 Å². The minimum absolute atomic E-state index is 0.312. The van der Waals surface area contributed by atoms with Crippen molar-refractivity contribution in [1.82, 2.24) is 9.55 Å². The third-order valence-corrected chi connectivity index (χ3v) is 7.71. The van der Waals surface area contributed by atoms with E-state index in [1.807, 2.05) is 5.92 Å². The molecule has 1 aliphatic rings. The van der Waals surface area contributed by atoms with E-state index >= 15 is 0 Å². The standard InChI is InChI=1S/C11H14FN2O13P3S/c1-2-11(5-24-29(20,21)27-30(22,23)26-28(17,18)19)8(16)7(12)9(25-11)14-4-3-6(15)13-10(14)31/h1,3-4,7-9,16H,5H2,(H,20,21)(H,22,23)(H,13,15,31)(H2,17,18,19)/t7-,8+,9+,11+/m0/s1. The molecule has 6 N–H and O–H groups in total. The highest BCUT2D eigenvalue weighted by Gasteiger charge is 2.57. The first-order valence-electron chi connectivity index (χ1n) is 7.58. The zero-order valence-electron chi connectivity index (χ0n) is 14.7. The first kappa shape index (κ1) is 26.2. The predicted octanol–water partition coefficient (Wildman–Crippen LogP) is -0.151. The van der Waals surface area contributed by atoms with Gasteiger partial charge in [-0.3, -0.25) is 18.9 Å². The molecule has 15 nitrogen and oxygen atoms in total. The van der Waals surface area contributed by atoms with Crippen LogP contribution in [0, 0.1) is 17.1 Å². The topological polar surface area (TPSA) is 227 Å². The Morgan fingerprint density at radius 1 is 1.29 bits per heavy atom. The van der Waals surface area contributed by atoms with E-state index < -0.39 is 59.7 Å². The fourth-order valence-electron chi connectivity index (χ4n) is 2.36. The van der Waals surface area contributed by atoms with Gasteiger partial charge in [-0.05, 0) is 12.2 Å². The fraction of sp³-hybridized carbons (Fsp3) is 0.455. The van der Waals surface area contributed by atoms with Crippen molar-refractivity contribution in [2.75, 3.05) is 6.61 Å². The number of terminal acetylenes is 1. The van der Waals surface area contributed by atoms with Crippen LogP contribution >= 0.6 is 35.7 Å². The minimum atomic E-state index is -5.81. The summed E-state index contributed by atoms with van der Waals surface area (Å²) >= 11 is 4.86. The van der Waals surface area contributed by atoms with Gasteiger partial charge in [0.05, 0.1) is 0 Å². The number of phosphoric ester groups is 1. The second-order valence-electron chi connectivity index (χ2n) is 5.81. The van der Waals surface area contributed by atoms with Crippen LogP contribution in [-0.2, 0) is 31.6 Å². The Hall–Kier alpha value is -1.08. The summed E-state index contributed by atoms with van der Waals surface area (Å²) in [6.07, 6.45) is 0.0661. The highest BCUT2D eigenvalue weighted by atomic mass is 32.1. The number of halogens is 1. The van der Waals surface area contributed by atoms with Crippen LogP contribution in [0.25, 0.3) is 0 Å². The Bertz CT molecular complexity index is 1140. The Morgan fingerprint density at radius 3 is 2.42 bits per heavy atom. The molecule has 174 valence electrons. The lowest BCUT2D eigenvalue weighted by molar-refractivity contribution is -0.0901. The predicted molar refractivity (Wildman–Crippen MR) is 98.3 cm³/mol. The van der Waals surface area contributed by atoms with Crippen molar-refractivity contribution in [2.45, 2.75) is 24.1 Å². The van der Waals surface area contributed by atoms with Crippen LogP contribution in [0.5, 0.6) is 0 Å². The number of ether oxygens (including phenoxy) is 1. The highest BCUT2D eigenvalue weighted by Crippen LogP contribution is 2.66. The van der Waals surface area contributed by atoms with Gasteiger partial charge < -0.3 is 29.4 Å². The van der Waals surface area contributed by atoms with Gasteiger partial charge in [0, 0.05) is 12.3 Å². The molecular weight excluding hydrogens is 512 g/mol. The van der Waals surface area contributed by atoms with E-state index in [0.717, 1.165) is 16.8 Å². The number of nitrogens with one attached hydrogen (secondary N) is 1. The van der Waals surface area contributed by atoms with E-state index in [4.69, 9.17) is 38.1 Å². The van der Waals surface area contributed by atoms with Crippen LogP contribution in [0.2, 0.25) is 0 Å². The molecule has 1 aliphatic heterocycles. The molecule has 1 aromatic rings. The van der Waals surface area contributed by atoms with E-state index in [9.17, 15) is 32.9 Å². The molecule has 0 bridgehead atoms. The molecule has 1 aromatic heterocycles. The molecular formula is C11H14FN2O13P3S. The maximum Gasteiger partial charge on any atom is 0.490 e. The van der Waals surface area contributed by atoms with Crippen LogP contribution in [0.15, 0.2) is 17.1 Å². The lowest BCUT2D eigenvalue weighted by atomic mass is 9.98. The smallest absolute Gasteiger partial charge is 0.386 e. The monoisotopic (exact) mass is 526 g/mol. The Balaban J connectivity index is 2.22. The molecule has 0 spiro atoms. The molecule has 2 unspecified atom stereocenters. The molecule has 2 heterocycles. The van der Waals surface area contributed by atoms with Gasteiger partial charge in [0.15, 0.2) is 22.8 Å². The van der Waals surface area contributed by atoms with E-state index in [0.29, 0.717) is 0 Å². The van der Waals surface area contributed by atoms with Crippen molar-refractivity contribution in [3.05, 3.63) is 27.4 Å².